The average molecular weight is 476 g/mol. The number of amides is 2. The van der Waals surface area contributed by atoms with Crippen molar-refractivity contribution in [2.24, 2.45) is 5.92 Å². The van der Waals surface area contributed by atoms with Crippen LogP contribution >= 0.6 is 11.6 Å². The SMILES string of the molecule is N#CCNC(=O)O.O=C([C@@H]1CC[C@@H](S(=O)(=O)c2ccc(F)c(Cl)c2)C1)N1CCOCC1. The van der Waals surface area contributed by atoms with E-state index in [1.54, 1.807) is 11.0 Å². The van der Waals surface area contributed by atoms with Gasteiger partial charge >= 0.3 is 6.09 Å². The van der Waals surface area contributed by atoms with Crippen LogP contribution < -0.4 is 5.32 Å². The van der Waals surface area contributed by atoms with Crippen LogP contribution in [0.3, 0.4) is 0 Å². The summed E-state index contributed by atoms with van der Waals surface area (Å²) < 4.78 is 43.9. The number of morpholine rings is 1. The molecule has 31 heavy (non-hydrogen) atoms. The van der Waals surface area contributed by atoms with Gasteiger partial charge in [0, 0.05) is 19.0 Å². The van der Waals surface area contributed by atoms with E-state index in [0.29, 0.717) is 45.6 Å². The van der Waals surface area contributed by atoms with Crippen molar-refractivity contribution >= 4 is 33.4 Å². The zero-order valence-corrected chi connectivity index (χ0v) is 18.2. The first-order chi connectivity index (χ1) is 14.7. The van der Waals surface area contributed by atoms with E-state index < -0.39 is 27.0 Å². The number of hydrogen-bond donors (Lipinski definition) is 2. The van der Waals surface area contributed by atoms with E-state index in [0.717, 1.165) is 12.1 Å². The van der Waals surface area contributed by atoms with Crippen molar-refractivity contribution in [3.05, 3.63) is 29.0 Å². The zero-order valence-electron chi connectivity index (χ0n) is 16.6. The fourth-order valence-electron chi connectivity index (χ4n) is 3.45. The summed E-state index contributed by atoms with van der Waals surface area (Å²) in [7, 11) is -3.62. The molecular formula is C19H23ClFN3O6S. The maximum Gasteiger partial charge on any atom is 0.405 e. The van der Waals surface area contributed by atoms with Crippen LogP contribution in [0.4, 0.5) is 9.18 Å². The number of nitrogens with zero attached hydrogens (tertiary/aromatic N) is 2. The first-order valence-electron chi connectivity index (χ1n) is 9.56. The Bertz CT molecular complexity index is 946. The second-order valence-corrected chi connectivity index (χ2v) is 9.64. The Morgan fingerprint density at radius 3 is 2.55 bits per heavy atom. The number of hydrogen-bond acceptors (Lipinski definition) is 6. The van der Waals surface area contributed by atoms with Crippen molar-refractivity contribution in [2.75, 3.05) is 32.8 Å². The Labute approximate surface area is 184 Å². The molecule has 2 atom stereocenters. The Morgan fingerprint density at radius 1 is 1.32 bits per heavy atom. The summed E-state index contributed by atoms with van der Waals surface area (Å²) in [4.78, 5) is 23.8. The molecule has 0 bridgehead atoms. The quantitative estimate of drug-likeness (QED) is 0.502. The molecule has 9 nitrogen and oxygen atoms in total. The highest BCUT2D eigenvalue weighted by Crippen LogP contribution is 2.35. The van der Waals surface area contributed by atoms with Gasteiger partial charge in [0.15, 0.2) is 9.84 Å². The van der Waals surface area contributed by atoms with Gasteiger partial charge in [-0.3, -0.25) is 4.79 Å². The zero-order chi connectivity index (χ0) is 23.0. The molecule has 2 amide bonds. The Morgan fingerprint density at radius 2 is 2.00 bits per heavy atom. The smallest absolute Gasteiger partial charge is 0.405 e. The highest BCUT2D eigenvalue weighted by Gasteiger charge is 2.39. The molecule has 2 fully saturated rings. The number of carbonyl (C=O) groups excluding carboxylic acids is 1. The van der Waals surface area contributed by atoms with Crippen LogP contribution in [0.15, 0.2) is 23.1 Å². The summed E-state index contributed by atoms with van der Waals surface area (Å²) in [6, 6.07) is 5.04. The van der Waals surface area contributed by atoms with Crippen LogP contribution in [0.1, 0.15) is 19.3 Å². The van der Waals surface area contributed by atoms with Crippen LogP contribution in [-0.4, -0.2) is 68.5 Å². The number of ether oxygens (including phenoxy) is 1. The third-order valence-electron chi connectivity index (χ3n) is 5.03. The molecule has 3 rings (SSSR count). The predicted octanol–water partition coefficient (Wildman–Crippen LogP) is 2.06. The summed E-state index contributed by atoms with van der Waals surface area (Å²) in [5, 5.41) is 16.5. The highest BCUT2D eigenvalue weighted by molar-refractivity contribution is 7.92. The van der Waals surface area contributed by atoms with E-state index in [2.05, 4.69) is 0 Å². The number of sulfone groups is 1. The summed E-state index contributed by atoms with van der Waals surface area (Å²) >= 11 is 5.70. The fourth-order valence-corrected chi connectivity index (χ4v) is 5.55. The normalized spacial score (nSPS) is 20.9. The lowest BCUT2D eigenvalue weighted by molar-refractivity contribution is -0.139. The van der Waals surface area contributed by atoms with Gasteiger partial charge in [0.1, 0.15) is 12.4 Å². The first-order valence-corrected chi connectivity index (χ1v) is 11.5. The second-order valence-electron chi connectivity index (χ2n) is 7.01. The summed E-state index contributed by atoms with van der Waals surface area (Å²) in [6.45, 7) is 2.01. The number of halogens is 2. The van der Waals surface area contributed by atoms with Gasteiger partial charge in [-0.25, -0.2) is 17.6 Å². The number of nitrogens with one attached hydrogen (secondary N) is 1. The highest BCUT2D eigenvalue weighted by atomic mass is 35.5. The molecule has 0 unspecified atom stereocenters. The van der Waals surface area contributed by atoms with Gasteiger partial charge in [-0.1, -0.05) is 11.6 Å². The molecule has 1 saturated heterocycles. The van der Waals surface area contributed by atoms with Gasteiger partial charge in [-0.05, 0) is 37.5 Å². The number of carbonyl (C=O) groups is 2. The lowest BCUT2D eigenvalue weighted by Gasteiger charge is -2.29. The topological polar surface area (TPSA) is 137 Å². The third kappa shape index (κ3) is 6.78. The van der Waals surface area contributed by atoms with E-state index in [1.807, 2.05) is 5.32 Å². The maximum atomic E-state index is 13.3. The standard InChI is InChI=1S/C16H19ClFNO4S.C3H4N2O2/c17-14-10-13(3-4-15(14)18)24(21,22)12-2-1-11(9-12)16(20)19-5-7-23-8-6-19;4-1-2-5-3(6)7/h3-4,10-12H,1-2,5-9H2;5H,2H2,(H,6,7)/t11-,12-;/m1./s1. The molecule has 170 valence electrons. The number of carboxylic acid groups (broad SMARTS) is 1. The summed E-state index contributed by atoms with van der Waals surface area (Å²) in [5.74, 6) is -0.922. The minimum atomic E-state index is -3.62. The van der Waals surface area contributed by atoms with Crippen molar-refractivity contribution in [1.82, 2.24) is 10.2 Å². The predicted molar refractivity (Wildman–Crippen MR) is 109 cm³/mol. The molecule has 1 aromatic rings. The van der Waals surface area contributed by atoms with Crippen molar-refractivity contribution in [2.45, 2.75) is 29.4 Å². The Kier molecular flexibility index (Phi) is 9.03. The van der Waals surface area contributed by atoms with Crippen LogP contribution in [0.5, 0.6) is 0 Å². The van der Waals surface area contributed by atoms with E-state index in [1.165, 1.54) is 6.07 Å². The molecule has 12 heteroatoms. The van der Waals surface area contributed by atoms with Gasteiger partial charge in [-0.2, -0.15) is 5.26 Å². The van der Waals surface area contributed by atoms with Crippen molar-refractivity contribution < 1.29 is 32.2 Å². The molecule has 1 aliphatic heterocycles. The summed E-state index contributed by atoms with van der Waals surface area (Å²) in [6.07, 6.45) is 0.113. The van der Waals surface area contributed by atoms with E-state index in [-0.39, 0.29) is 28.3 Å². The van der Waals surface area contributed by atoms with E-state index >= 15 is 0 Å². The van der Waals surface area contributed by atoms with Gasteiger partial charge in [0.2, 0.25) is 5.91 Å². The molecule has 1 saturated carbocycles. The monoisotopic (exact) mass is 475 g/mol. The lowest BCUT2D eigenvalue weighted by atomic mass is 10.1. The van der Waals surface area contributed by atoms with Crippen molar-refractivity contribution in [3.63, 3.8) is 0 Å². The maximum absolute atomic E-state index is 13.3. The number of benzene rings is 1. The van der Waals surface area contributed by atoms with Gasteiger partial charge in [-0.15, -0.1) is 0 Å². The Hall–Kier alpha value is -2.42. The van der Waals surface area contributed by atoms with Crippen molar-refractivity contribution in [3.8, 4) is 6.07 Å². The second kappa shape index (κ2) is 11.3. The third-order valence-corrected chi connectivity index (χ3v) is 7.54. The molecule has 2 aliphatic rings. The van der Waals surface area contributed by atoms with E-state index in [9.17, 15) is 22.4 Å². The lowest BCUT2D eigenvalue weighted by Crippen LogP contribution is -2.43. The molecule has 0 radical (unpaired) electrons. The summed E-state index contributed by atoms with van der Waals surface area (Å²) in [5.41, 5.74) is 0. The average Bonchev–Trinajstić information content (AvgIpc) is 3.26. The van der Waals surface area contributed by atoms with Crippen LogP contribution in [0, 0.1) is 23.1 Å². The molecule has 1 aliphatic carbocycles. The van der Waals surface area contributed by atoms with Gasteiger partial charge < -0.3 is 20.1 Å². The van der Waals surface area contributed by atoms with E-state index in [4.69, 9.17) is 26.7 Å². The first kappa shape index (κ1) is 24.8. The number of nitriles is 1. The van der Waals surface area contributed by atoms with Crippen LogP contribution in [-0.2, 0) is 19.4 Å². The molecule has 0 spiro atoms. The van der Waals surface area contributed by atoms with Crippen LogP contribution in [0.25, 0.3) is 0 Å². The van der Waals surface area contributed by atoms with Gasteiger partial charge in [0.25, 0.3) is 0 Å². The number of rotatable bonds is 4. The molecule has 1 heterocycles. The molecule has 2 N–H and O–H groups in total. The molecular weight excluding hydrogens is 453 g/mol. The molecule has 1 aromatic carbocycles. The Balaban J connectivity index is 0.000000423. The minimum absolute atomic E-state index is 0.00754. The van der Waals surface area contributed by atoms with Gasteiger partial charge in [0.05, 0.1) is 34.5 Å². The largest absolute Gasteiger partial charge is 0.465 e. The van der Waals surface area contributed by atoms with Crippen molar-refractivity contribution in [1.29, 1.82) is 5.26 Å². The molecule has 0 aromatic heterocycles. The fraction of sp³-hybridized carbons (Fsp3) is 0.526. The minimum Gasteiger partial charge on any atom is -0.465 e. The van der Waals surface area contributed by atoms with Crippen LogP contribution in [0.2, 0.25) is 5.02 Å².